The molecule has 1 aromatic carbocycles. The molecule has 0 bridgehead atoms. The van der Waals surface area contributed by atoms with Crippen molar-refractivity contribution in [3.63, 3.8) is 0 Å². The second kappa shape index (κ2) is 7.34. The van der Waals surface area contributed by atoms with Gasteiger partial charge in [0.05, 0.1) is 15.2 Å². The Labute approximate surface area is 159 Å². The predicted octanol–water partition coefficient (Wildman–Crippen LogP) is 4.50. The number of thiophene rings is 2. The second-order valence-electron chi connectivity index (χ2n) is 7.02. The molecule has 0 aliphatic carbocycles. The predicted molar refractivity (Wildman–Crippen MR) is 106 cm³/mol. The van der Waals surface area contributed by atoms with Crippen molar-refractivity contribution in [1.29, 1.82) is 0 Å². The zero-order chi connectivity index (χ0) is 18.9. The van der Waals surface area contributed by atoms with Crippen molar-refractivity contribution >= 4 is 54.0 Å². The van der Waals surface area contributed by atoms with Gasteiger partial charge in [0.25, 0.3) is 5.91 Å². The lowest BCUT2D eigenvalue weighted by atomic mass is 10.1. The summed E-state index contributed by atoms with van der Waals surface area (Å²) in [6.07, 6.45) is 0.223. The van der Waals surface area contributed by atoms with Gasteiger partial charge in [-0.05, 0) is 32.9 Å². The number of rotatable bonds is 6. The van der Waals surface area contributed by atoms with Gasteiger partial charge in [0, 0.05) is 27.8 Å². The number of hydrogen-bond acceptors (Lipinski definition) is 5. The molecule has 2 aromatic heterocycles. The summed E-state index contributed by atoms with van der Waals surface area (Å²) in [5.74, 6) is -1.41. The summed E-state index contributed by atoms with van der Waals surface area (Å²) in [6.45, 7) is 5.99. The summed E-state index contributed by atoms with van der Waals surface area (Å²) in [6, 6.07) is 8.93. The number of aliphatic carboxylic acids is 1. The zero-order valence-corrected chi connectivity index (χ0v) is 16.5. The van der Waals surface area contributed by atoms with E-state index in [9.17, 15) is 14.7 Å². The van der Waals surface area contributed by atoms with Crippen molar-refractivity contribution in [1.82, 2.24) is 5.32 Å². The Morgan fingerprint density at radius 2 is 1.92 bits per heavy atom. The largest absolute Gasteiger partial charge is 0.480 e. The van der Waals surface area contributed by atoms with E-state index in [0.29, 0.717) is 4.88 Å². The quantitative estimate of drug-likeness (QED) is 0.648. The van der Waals surface area contributed by atoms with E-state index in [1.807, 2.05) is 45.0 Å². The Hall–Kier alpha value is -1.96. The van der Waals surface area contributed by atoms with Crippen LogP contribution in [0.4, 0.5) is 0 Å². The molecule has 2 N–H and O–H groups in total. The monoisotopic (exact) mass is 391 g/mol. The maximum Gasteiger partial charge on any atom is 0.326 e. The first kappa shape index (κ1) is 18.8. The van der Waals surface area contributed by atoms with Crippen LogP contribution in [0, 0.1) is 0 Å². The van der Waals surface area contributed by atoms with Gasteiger partial charge in [0.1, 0.15) is 6.04 Å². The highest BCUT2D eigenvalue weighted by molar-refractivity contribution is 7.33. The summed E-state index contributed by atoms with van der Waals surface area (Å²) < 4.78 is 8.87. The molecule has 1 unspecified atom stereocenters. The Morgan fingerprint density at radius 1 is 1.19 bits per heavy atom. The van der Waals surface area contributed by atoms with Crippen molar-refractivity contribution in [2.45, 2.75) is 38.8 Å². The molecule has 0 fully saturated rings. The van der Waals surface area contributed by atoms with Gasteiger partial charge in [-0.15, -0.1) is 22.7 Å². The van der Waals surface area contributed by atoms with Gasteiger partial charge in [0.2, 0.25) is 0 Å². The van der Waals surface area contributed by atoms with Crippen LogP contribution in [-0.2, 0) is 9.53 Å². The summed E-state index contributed by atoms with van der Waals surface area (Å²) in [5.41, 5.74) is -0.341. The van der Waals surface area contributed by atoms with Crippen LogP contribution in [0.15, 0.2) is 30.3 Å². The molecular weight excluding hydrogens is 370 g/mol. The van der Waals surface area contributed by atoms with Gasteiger partial charge in [-0.3, -0.25) is 4.79 Å². The molecule has 2 heterocycles. The third-order valence-electron chi connectivity index (χ3n) is 3.82. The molecular formula is C19H21NO4S2. The summed E-state index contributed by atoms with van der Waals surface area (Å²) >= 11 is 3.03. The Morgan fingerprint density at radius 3 is 2.62 bits per heavy atom. The molecule has 26 heavy (non-hydrogen) atoms. The highest BCUT2D eigenvalue weighted by Crippen LogP contribution is 2.39. The molecule has 7 heteroatoms. The molecule has 1 amide bonds. The molecule has 0 saturated carbocycles. The Balaban J connectivity index is 1.73. The lowest BCUT2D eigenvalue weighted by Gasteiger charge is -2.21. The van der Waals surface area contributed by atoms with Crippen LogP contribution in [0.3, 0.4) is 0 Å². The van der Waals surface area contributed by atoms with Crippen molar-refractivity contribution < 1.29 is 19.4 Å². The molecule has 0 aliphatic heterocycles. The minimum atomic E-state index is -1.06. The maximum atomic E-state index is 12.5. The smallest absolute Gasteiger partial charge is 0.326 e. The number of carbonyl (C=O) groups excluding carboxylic acids is 1. The SMILES string of the molecule is CC(C)(C)OCCC(NC(=O)c1cc2sc3ccccc3c2s1)C(=O)O. The van der Waals surface area contributed by atoms with E-state index in [4.69, 9.17) is 4.74 Å². The number of hydrogen-bond donors (Lipinski definition) is 2. The van der Waals surface area contributed by atoms with E-state index in [0.717, 1.165) is 14.8 Å². The number of carboxylic acid groups (broad SMARTS) is 1. The molecule has 5 nitrogen and oxygen atoms in total. The standard InChI is InChI=1S/C19H21NO4S2/c1-19(2,3)24-9-8-12(18(22)23)20-17(21)15-10-14-16(26-15)11-6-4-5-7-13(11)25-14/h4-7,10,12H,8-9H2,1-3H3,(H,20,21)(H,22,23). The van der Waals surface area contributed by atoms with E-state index in [1.54, 1.807) is 11.3 Å². The van der Waals surface area contributed by atoms with Crippen LogP contribution < -0.4 is 5.32 Å². The molecule has 3 aromatic rings. The summed E-state index contributed by atoms with van der Waals surface area (Å²) in [7, 11) is 0. The second-order valence-corrected chi connectivity index (χ2v) is 9.15. The fourth-order valence-corrected chi connectivity index (χ4v) is 5.01. The molecule has 0 spiro atoms. The minimum Gasteiger partial charge on any atom is -0.480 e. The molecule has 1 atom stereocenters. The number of amides is 1. The highest BCUT2D eigenvalue weighted by atomic mass is 32.1. The number of carbonyl (C=O) groups is 2. The van der Waals surface area contributed by atoms with Crippen LogP contribution in [0.1, 0.15) is 36.9 Å². The number of carboxylic acids is 1. The third-order valence-corrected chi connectivity index (χ3v) is 6.23. The van der Waals surface area contributed by atoms with Crippen molar-refractivity contribution in [2.24, 2.45) is 0 Å². The Kier molecular flexibility index (Phi) is 5.32. The molecule has 0 radical (unpaired) electrons. The van der Waals surface area contributed by atoms with Crippen LogP contribution in [0.5, 0.6) is 0 Å². The fraction of sp³-hybridized carbons (Fsp3) is 0.368. The molecule has 3 rings (SSSR count). The molecule has 0 aliphatic rings. The molecule has 0 saturated heterocycles. The first-order valence-corrected chi connectivity index (χ1v) is 9.96. The first-order valence-electron chi connectivity index (χ1n) is 8.33. The maximum absolute atomic E-state index is 12.5. The van der Waals surface area contributed by atoms with Gasteiger partial charge in [-0.1, -0.05) is 18.2 Å². The Bertz CT molecular complexity index is 951. The van der Waals surface area contributed by atoms with Crippen molar-refractivity contribution in [3.8, 4) is 0 Å². The van der Waals surface area contributed by atoms with Crippen LogP contribution >= 0.6 is 22.7 Å². The van der Waals surface area contributed by atoms with E-state index < -0.39 is 12.0 Å². The first-order chi connectivity index (χ1) is 12.2. The lowest BCUT2D eigenvalue weighted by Crippen LogP contribution is -2.41. The van der Waals surface area contributed by atoms with Gasteiger partial charge in [-0.25, -0.2) is 4.79 Å². The topological polar surface area (TPSA) is 75.6 Å². The van der Waals surface area contributed by atoms with E-state index in [-0.39, 0.29) is 24.5 Å². The van der Waals surface area contributed by atoms with E-state index in [2.05, 4.69) is 11.4 Å². The average Bonchev–Trinajstić information content (AvgIpc) is 3.10. The van der Waals surface area contributed by atoms with Gasteiger partial charge in [0.15, 0.2) is 0 Å². The normalized spacial score (nSPS) is 13.2. The van der Waals surface area contributed by atoms with Crippen molar-refractivity contribution in [3.05, 3.63) is 35.2 Å². The lowest BCUT2D eigenvalue weighted by molar-refractivity contribution is -0.140. The minimum absolute atomic E-state index is 0.223. The third kappa shape index (κ3) is 4.23. The van der Waals surface area contributed by atoms with Gasteiger partial charge < -0.3 is 15.2 Å². The number of benzene rings is 1. The number of nitrogens with one attached hydrogen (secondary N) is 1. The van der Waals surface area contributed by atoms with Gasteiger partial charge in [-0.2, -0.15) is 0 Å². The van der Waals surface area contributed by atoms with Crippen LogP contribution in [0.25, 0.3) is 19.5 Å². The number of fused-ring (bicyclic) bond motifs is 3. The highest BCUT2D eigenvalue weighted by Gasteiger charge is 2.23. The van der Waals surface area contributed by atoms with Crippen LogP contribution in [0.2, 0.25) is 0 Å². The summed E-state index contributed by atoms with van der Waals surface area (Å²) in [5, 5.41) is 13.1. The van der Waals surface area contributed by atoms with Crippen molar-refractivity contribution in [2.75, 3.05) is 6.61 Å². The van der Waals surface area contributed by atoms with E-state index in [1.165, 1.54) is 16.0 Å². The van der Waals surface area contributed by atoms with Gasteiger partial charge >= 0.3 is 5.97 Å². The van der Waals surface area contributed by atoms with E-state index >= 15 is 0 Å². The average molecular weight is 392 g/mol. The van der Waals surface area contributed by atoms with Crippen LogP contribution in [-0.4, -0.2) is 35.2 Å². The molecule has 138 valence electrons. The fourth-order valence-electron chi connectivity index (χ4n) is 2.58. The number of ether oxygens (including phenoxy) is 1. The zero-order valence-electron chi connectivity index (χ0n) is 14.9. The summed E-state index contributed by atoms with van der Waals surface area (Å²) in [4.78, 5) is 24.5.